The van der Waals surface area contributed by atoms with Gasteiger partial charge >= 0.3 is 11.6 Å². The highest BCUT2D eigenvalue weighted by molar-refractivity contribution is 6.51. The number of hydrogen-bond donors (Lipinski definition) is 2. The number of hydrogen-bond acceptors (Lipinski definition) is 9. The molecule has 0 spiro atoms. The SMILES string of the molecule is COC(=O)c1cc2c(C(=O)NCCN)cc3c4c5occc(=O)c5cc5cc6c7c(cc8c9cc(=O)oc1c9c2c3c8c7c54)C(=O)C=C6. The standard InChI is InChI=1S/C38H20N2O8/c1-46-38(45)23-11-17-19(37(44)40-6-5-39)12-22-31-29(17)32-18(13-26(43)48-36(23)32)16-10-20-24(41)3-2-14-8-15-9-21-25(42)4-7-47-35(21)33(22)28(15)34(27(14)20)30(16)31/h2-4,7-13H,5-6,39H2,1H3,(H,40,44). The molecule has 0 saturated heterocycles. The minimum absolute atomic E-state index is 0.00155. The lowest BCUT2D eigenvalue weighted by Gasteiger charge is -2.25. The average molecular weight is 633 g/mol. The Morgan fingerprint density at radius 1 is 0.750 bits per heavy atom. The molecule has 0 fully saturated rings. The molecule has 7 aromatic carbocycles. The van der Waals surface area contributed by atoms with Crippen LogP contribution in [0.1, 0.15) is 36.6 Å². The molecule has 1 aliphatic rings. The van der Waals surface area contributed by atoms with Crippen LogP contribution < -0.4 is 22.1 Å². The van der Waals surface area contributed by atoms with Crippen molar-refractivity contribution in [3.05, 3.63) is 97.7 Å². The molecule has 0 bridgehead atoms. The Morgan fingerprint density at radius 3 is 2.31 bits per heavy atom. The van der Waals surface area contributed by atoms with Crippen LogP contribution in [0.5, 0.6) is 0 Å². The molecular weight excluding hydrogens is 612 g/mol. The second-order valence-corrected chi connectivity index (χ2v) is 12.2. The Hall–Kier alpha value is -6.39. The molecule has 2 aromatic heterocycles. The number of rotatable bonds is 4. The molecule has 10 rings (SSSR count). The van der Waals surface area contributed by atoms with Crippen molar-refractivity contribution < 1.29 is 28.0 Å². The first-order valence-electron chi connectivity index (χ1n) is 15.2. The summed E-state index contributed by atoms with van der Waals surface area (Å²) in [5.41, 5.74) is 6.60. The quantitative estimate of drug-likeness (QED) is 0.106. The summed E-state index contributed by atoms with van der Waals surface area (Å²) in [6.45, 7) is 0.397. The fourth-order valence-electron chi connectivity index (χ4n) is 8.06. The molecule has 0 saturated carbocycles. The predicted molar refractivity (Wildman–Crippen MR) is 183 cm³/mol. The van der Waals surface area contributed by atoms with E-state index in [1.54, 1.807) is 24.3 Å². The highest BCUT2D eigenvalue weighted by Crippen LogP contribution is 2.54. The number of fused-ring (bicyclic) bond motifs is 4. The van der Waals surface area contributed by atoms with Gasteiger partial charge < -0.3 is 24.6 Å². The number of allylic oxidation sites excluding steroid dienone is 1. The smallest absolute Gasteiger partial charge is 0.341 e. The third-order valence-corrected chi connectivity index (χ3v) is 9.84. The largest absolute Gasteiger partial charge is 0.465 e. The first-order valence-corrected chi connectivity index (χ1v) is 15.2. The summed E-state index contributed by atoms with van der Waals surface area (Å²) < 4.78 is 17.0. The van der Waals surface area contributed by atoms with E-state index in [2.05, 4.69) is 5.32 Å². The number of methoxy groups -OCH3 is 1. The normalized spacial score (nSPS) is 13.2. The van der Waals surface area contributed by atoms with Gasteiger partial charge in [0.25, 0.3) is 5.91 Å². The van der Waals surface area contributed by atoms with Gasteiger partial charge in [0.05, 0.1) is 18.8 Å². The van der Waals surface area contributed by atoms with Crippen molar-refractivity contribution in [2.75, 3.05) is 20.2 Å². The van der Waals surface area contributed by atoms with Gasteiger partial charge in [-0.2, -0.15) is 0 Å². The van der Waals surface area contributed by atoms with E-state index in [1.165, 1.54) is 37.6 Å². The third kappa shape index (κ3) is 3.07. The zero-order chi connectivity index (χ0) is 32.7. The minimum atomic E-state index is -0.757. The van der Waals surface area contributed by atoms with E-state index in [0.29, 0.717) is 59.6 Å². The topological polar surface area (TPSA) is 159 Å². The van der Waals surface area contributed by atoms with Crippen LogP contribution in [0.4, 0.5) is 0 Å². The van der Waals surface area contributed by atoms with Gasteiger partial charge in [-0.05, 0) is 74.3 Å². The Morgan fingerprint density at radius 2 is 1.50 bits per heavy atom. The van der Waals surface area contributed by atoms with Crippen molar-refractivity contribution in [3.8, 4) is 0 Å². The molecule has 2 heterocycles. The van der Waals surface area contributed by atoms with E-state index < -0.39 is 17.5 Å². The van der Waals surface area contributed by atoms with Crippen LogP contribution in [0.2, 0.25) is 0 Å². The Balaban J connectivity index is 1.63. The first-order chi connectivity index (χ1) is 23.3. The van der Waals surface area contributed by atoms with E-state index in [9.17, 15) is 24.0 Å². The molecular formula is C38H20N2O8. The fourth-order valence-corrected chi connectivity index (χ4v) is 8.06. The molecule has 10 heteroatoms. The lowest BCUT2D eigenvalue weighted by Crippen LogP contribution is -2.29. The minimum Gasteiger partial charge on any atom is -0.465 e. The molecule has 3 N–H and O–H groups in total. The second kappa shape index (κ2) is 8.90. The Kier molecular flexibility index (Phi) is 4.97. The summed E-state index contributed by atoms with van der Waals surface area (Å²) in [6.07, 6.45) is 4.63. The van der Waals surface area contributed by atoms with Crippen molar-refractivity contribution in [1.29, 1.82) is 0 Å². The van der Waals surface area contributed by atoms with Gasteiger partial charge in [-0.25, -0.2) is 9.59 Å². The fraction of sp³-hybridized carbons (Fsp3) is 0.0789. The summed E-state index contributed by atoms with van der Waals surface area (Å²) in [7, 11) is 1.22. The summed E-state index contributed by atoms with van der Waals surface area (Å²) in [6, 6.07) is 11.5. The lowest BCUT2D eigenvalue weighted by atomic mass is 9.77. The maximum atomic E-state index is 13.9. The highest BCUT2D eigenvalue weighted by atomic mass is 16.5. The van der Waals surface area contributed by atoms with Crippen molar-refractivity contribution in [2.24, 2.45) is 5.73 Å². The number of ether oxygens (including phenoxy) is 1. The number of carbonyl (C=O) groups excluding carboxylic acids is 3. The Labute approximate surface area is 266 Å². The van der Waals surface area contributed by atoms with Gasteiger partial charge in [0, 0.05) is 74.1 Å². The van der Waals surface area contributed by atoms with Crippen molar-refractivity contribution in [2.45, 2.75) is 0 Å². The summed E-state index contributed by atoms with van der Waals surface area (Å²) in [5.74, 6) is -1.39. The van der Waals surface area contributed by atoms with E-state index in [1.807, 2.05) is 6.07 Å². The van der Waals surface area contributed by atoms with E-state index >= 15 is 0 Å². The molecule has 0 unspecified atom stereocenters. The van der Waals surface area contributed by atoms with Crippen LogP contribution in [-0.4, -0.2) is 37.9 Å². The van der Waals surface area contributed by atoms with Crippen LogP contribution in [0, 0.1) is 0 Å². The van der Waals surface area contributed by atoms with Gasteiger partial charge in [0.2, 0.25) is 0 Å². The third-order valence-electron chi connectivity index (χ3n) is 9.84. The molecule has 1 aliphatic carbocycles. The van der Waals surface area contributed by atoms with Crippen molar-refractivity contribution in [1.82, 2.24) is 5.32 Å². The lowest BCUT2D eigenvalue weighted by molar-refractivity contribution is 0.0601. The monoisotopic (exact) mass is 632 g/mol. The number of nitrogens with two attached hydrogens (primary N) is 1. The number of esters is 1. The zero-order valence-corrected chi connectivity index (χ0v) is 25.0. The number of nitrogens with one attached hydrogen (secondary N) is 1. The van der Waals surface area contributed by atoms with Crippen LogP contribution in [0.25, 0.3) is 92.6 Å². The number of benzene rings is 7. The van der Waals surface area contributed by atoms with Gasteiger partial charge in [-0.1, -0.05) is 6.08 Å². The van der Waals surface area contributed by atoms with Crippen LogP contribution in [-0.2, 0) is 4.74 Å². The zero-order valence-electron chi connectivity index (χ0n) is 25.0. The average Bonchev–Trinajstić information content (AvgIpc) is 3.09. The van der Waals surface area contributed by atoms with Crippen LogP contribution in [0.15, 0.2) is 73.2 Å². The molecule has 0 aliphatic heterocycles. The summed E-state index contributed by atoms with van der Waals surface area (Å²) in [4.78, 5) is 67.3. The van der Waals surface area contributed by atoms with E-state index in [4.69, 9.17) is 19.3 Å². The Bertz CT molecular complexity index is 3130. The van der Waals surface area contributed by atoms with Gasteiger partial charge in [-0.15, -0.1) is 0 Å². The molecule has 230 valence electrons. The predicted octanol–water partition coefficient (Wildman–Crippen LogP) is 5.82. The highest BCUT2D eigenvalue weighted by Gasteiger charge is 2.32. The van der Waals surface area contributed by atoms with Crippen molar-refractivity contribution in [3.63, 3.8) is 0 Å². The molecule has 48 heavy (non-hydrogen) atoms. The van der Waals surface area contributed by atoms with E-state index in [0.717, 1.165) is 32.5 Å². The van der Waals surface area contributed by atoms with Crippen molar-refractivity contribution >= 4 is 110 Å². The van der Waals surface area contributed by atoms with Gasteiger partial charge in [0.1, 0.15) is 11.1 Å². The molecule has 0 radical (unpaired) electrons. The molecule has 9 aromatic rings. The maximum Gasteiger partial charge on any atom is 0.341 e. The number of ketones is 1. The second-order valence-electron chi connectivity index (χ2n) is 12.2. The molecule has 1 amide bonds. The van der Waals surface area contributed by atoms with Crippen LogP contribution in [0.3, 0.4) is 0 Å². The molecule has 10 nitrogen and oxygen atoms in total. The van der Waals surface area contributed by atoms with Crippen LogP contribution >= 0.6 is 0 Å². The van der Waals surface area contributed by atoms with Gasteiger partial charge in [0.15, 0.2) is 16.8 Å². The summed E-state index contributed by atoms with van der Waals surface area (Å²) >= 11 is 0. The van der Waals surface area contributed by atoms with Gasteiger partial charge in [-0.3, -0.25) is 14.4 Å². The molecule has 0 atom stereocenters. The summed E-state index contributed by atoms with van der Waals surface area (Å²) in [5, 5.41) is 11.4. The maximum absolute atomic E-state index is 13.9. The number of carbonyl (C=O) groups is 3. The van der Waals surface area contributed by atoms with E-state index in [-0.39, 0.29) is 41.0 Å². The number of amides is 1. The first kappa shape index (κ1) is 26.8.